The lowest BCUT2D eigenvalue weighted by Crippen LogP contribution is -2.64. The smallest absolute Gasteiger partial charge is 0.328 e. The summed E-state index contributed by atoms with van der Waals surface area (Å²) in [5.41, 5.74) is 1.66. The zero-order chi connectivity index (χ0) is 25.7. The number of halogens is 2. The molecule has 188 valence electrons. The van der Waals surface area contributed by atoms with E-state index in [0.29, 0.717) is 29.1 Å². The Labute approximate surface area is 224 Å². The van der Waals surface area contributed by atoms with Crippen LogP contribution in [0.2, 0.25) is 10.0 Å². The molecule has 0 bridgehead atoms. The molecule has 3 heterocycles. The molecule has 3 aliphatic rings. The number of hydrogen-bond acceptors (Lipinski definition) is 6. The highest BCUT2D eigenvalue weighted by Gasteiger charge is 2.54. The van der Waals surface area contributed by atoms with Crippen molar-refractivity contribution in [2.24, 2.45) is 4.99 Å². The van der Waals surface area contributed by atoms with Gasteiger partial charge in [-0.05, 0) is 54.1 Å². The third-order valence-corrected chi connectivity index (χ3v) is 7.57. The predicted octanol–water partition coefficient (Wildman–Crippen LogP) is 5.07. The molecule has 2 saturated heterocycles. The first-order chi connectivity index (χ1) is 17.9. The Morgan fingerprint density at radius 2 is 1.65 bits per heavy atom. The van der Waals surface area contributed by atoms with E-state index in [1.807, 2.05) is 59.5 Å². The summed E-state index contributed by atoms with van der Waals surface area (Å²) in [5, 5.41) is 0.800. The van der Waals surface area contributed by atoms with Gasteiger partial charge < -0.3 is 19.4 Å². The van der Waals surface area contributed by atoms with Crippen LogP contribution >= 0.6 is 23.2 Å². The number of urea groups is 1. The van der Waals surface area contributed by atoms with E-state index in [-0.39, 0.29) is 12.5 Å². The monoisotopic (exact) mass is 535 g/mol. The molecule has 2 unspecified atom stereocenters. The topological polar surface area (TPSA) is 68.7 Å². The first-order valence-electron chi connectivity index (χ1n) is 11.9. The molecule has 10 heteroatoms. The lowest BCUT2D eigenvalue weighted by atomic mass is 10.1. The van der Waals surface area contributed by atoms with Crippen LogP contribution in [-0.4, -0.2) is 64.9 Å². The second-order valence-corrected chi connectivity index (χ2v) is 9.92. The first kappa shape index (κ1) is 23.6. The summed E-state index contributed by atoms with van der Waals surface area (Å²) in [5.74, 6) is 1.91. The van der Waals surface area contributed by atoms with Crippen LogP contribution in [0.3, 0.4) is 0 Å². The van der Waals surface area contributed by atoms with Crippen molar-refractivity contribution in [1.29, 1.82) is 0 Å². The molecule has 2 atom stereocenters. The number of aliphatic imine (C=N–C) groups is 1. The minimum atomic E-state index is -0.580. The number of nitrogens with zero attached hydrogens (tertiary/aromatic N) is 5. The van der Waals surface area contributed by atoms with Crippen LogP contribution in [0.15, 0.2) is 77.8 Å². The molecule has 0 saturated carbocycles. The SMILES string of the molecule is CN1C(=O)N(Cc2ccc(Cl)c(Cl)c2)C(=O)C2C1N=C1N(c3ccc(Oc4ccccc4)cc3)CCN12. The van der Waals surface area contributed by atoms with Crippen molar-refractivity contribution >= 4 is 46.8 Å². The minimum Gasteiger partial charge on any atom is -0.457 e. The van der Waals surface area contributed by atoms with Crippen LogP contribution in [-0.2, 0) is 11.3 Å². The fourth-order valence-electron chi connectivity index (χ4n) is 4.97. The van der Waals surface area contributed by atoms with Crippen molar-refractivity contribution in [1.82, 2.24) is 14.7 Å². The number of imide groups is 1. The summed E-state index contributed by atoms with van der Waals surface area (Å²) in [6.07, 6.45) is -0.580. The van der Waals surface area contributed by atoms with Gasteiger partial charge in [-0.3, -0.25) is 9.69 Å². The van der Waals surface area contributed by atoms with E-state index < -0.39 is 18.2 Å². The number of anilines is 1. The molecule has 0 aliphatic carbocycles. The Kier molecular flexibility index (Phi) is 5.93. The maximum absolute atomic E-state index is 13.6. The van der Waals surface area contributed by atoms with Crippen molar-refractivity contribution in [3.63, 3.8) is 0 Å². The summed E-state index contributed by atoms with van der Waals surface area (Å²) in [4.78, 5) is 38.4. The molecule has 37 heavy (non-hydrogen) atoms. The molecular weight excluding hydrogens is 513 g/mol. The van der Waals surface area contributed by atoms with Crippen LogP contribution in [0.25, 0.3) is 0 Å². The van der Waals surface area contributed by atoms with Gasteiger partial charge in [0, 0.05) is 25.8 Å². The maximum Gasteiger partial charge on any atom is 0.328 e. The van der Waals surface area contributed by atoms with Crippen LogP contribution in [0, 0.1) is 0 Å². The number of amides is 3. The number of carbonyl (C=O) groups is 2. The summed E-state index contributed by atoms with van der Waals surface area (Å²) >= 11 is 12.2. The minimum absolute atomic E-state index is 0.109. The number of carbonyl (C=O) groups excluding carboxylic acids is 2. The van der Waals surface area contributed by atoms with Gasteiger partial charge in [-0.25, -0.2) is 9.79 Å². The maximum atomic E-state index is 13.6. The lowest BCUT2D eigenvalue weighted by Gasteiger charge is -2.40. The van der Waals surface area contributed by atoms with E-state index in [4.69, 9.17) is 32.9 Å². The van der Waals surface area contributed by atoms with E-state index >= 15 is 0 Å². The molecule has 0 N–H and O–H groups in total. The Morgan fingerprint density at radius 3 is 2.38 bits per heavy atom. The molecule has 0 radical (unpaired) electrons. The highest BCUT2D eigenvalue weighted by Crippen LogP contribution is 2.35. The Hall–Kier alpha value is -3.75. The summed E-state index contributed by atoms with van der Waals surface area (Å²) in [7, 11) is 1.68. The van der Waals surface area contributed by atoms with E-state index in [1.165, 1.54) is 9.80 Å². The zero-order valence-corrected chi connectivity index (χ0v) is 21.4. The second kappa shape index (κ2) is 9.28. The van der Waals surface area contributed by atoms with Gasteiger partial charge in [-0.15, -0.1) is 0 Å². The number of benzene rings is 3. The average Bonchev–Trinajstić information content (AvgIpc) is 3.48. The molecular formula is C27H23Cl2N5O3. The van der Waals surface area contributed by atoms with Crippen molar-refractivity contribution < 1.29 is 14.3 Å². The predicted molar refractivity (Wildman–Crippen MR) is 142 cm³/mol. The number of guanidine groups is 1. The number of ether oxygens (including phenoxy) is 1. The molecule has 0 spiro atoms. The Balaban J connectivity index is 1.21. The summed E-state index contributed by atoms with van der Waals surface area (Å²) < 4.78 is 5.91. The Morgan fingerprint density at radius 1 is 0.919 bits per heavy atom. The van der Waals surface area contributed by atoms with Crippen LogP contribution in [0.1, 0.15) is 5.56 Å². The van der Waals surface area contributed by atoms with Crippen LogP contribution in [0.5, 0.6) is 11.5 Å². The van der Waals surface area contributed by atoms with Crippen LogP contribution in [0.4, 0.5) is 10.5 Å². The first-order valence-corrected chi connectivity index (χ1v) is 12.6. The molecule has 3 amide bonds. The largest absolute Gasteiger partial charge is 0.457 e. The van der Waals surface area contributed by atoms with E-state index in [9.17, 15) is 9.59 Å². The molecule has 3 aromatic rings. The lowest BCUT2D eigenvalue weighted by molar-refractivity contribution is -0.137. The third kappa shape index (κ3) is 4.16. The van der Waals surface area contributed by atoms with Crippen molar-refractivity contribution in [2.75, 3.05) is 25.0 Å². The Bertz CT molecular complexity index is 1400. The van der Waals surface area contributed by atoms with Gasteiger partial charge in [0.25, 0.3) is 5.91 Å². The molecule has 3 aliphatic heterocycles. The number of hydrogen-bond donors (Lipinski definition) is 0. The fourth-order valence-corrected chi connectivity index (χ4v) is 5.29. The van der Waals surface area contributed by atoms with Crippen molar-refractivity contribution in [3.05, 3.63) is 88.4 Å². The van der Waals surface area contributed by atoms with Gasteiger partial charge in [0.15, 0.2) is 12.2 Å². The summed E-state index contributed by atoms with van der Waals surface area (Å²) in [6.45, 7) is 1.41. The molecule has 0 aromatic heterocycles. The van der Waals surface area contributed by atoms with E-state index in [0.717, 1.165) is 22.7 Å². The zero-order valence-electron chi connectivity index (χ0n) is 19.9. The number of para-hydroxylation sites is 1. The highest BCUT2D eigenvalue weighted by molar-refractivity contribution is 6.42. The van der Waals surface area contributed by atoms with Gasteiger partial charge in [-0.1, -0.05) is 47.5 Å². The van der Waals surface area contributed by atoms with Gasteiger partial charge in [0.1, 0.15) is 11.5 Å². The van der Waals surface area contributed by atoms with Crippen LogP contribution < -0.4 is 9.64 Å². The summed E-state index contributed by atoms with van der Waals surface area (Å²) in [6, 6.07) is 21.5. The average molecular weight is 536 g/mol. The van der Waals surface area contributed by atoms with Gasteiger partial charge in [0.05, 0.1) is 16.6 Å². The molecule has 2 fully saturated rings. The van der Waals surface area contributed by atoms with Gasteiger partial charge >= 0.3 is 6.03 Å². The fraction of sp³-hybridized carbons (Fsp3) is 0.222. The van der Waals surface area contributed by atoms with E-state index in [2.05, 4.69) is 4.90 Å². The second-order valence-electron chi connectivity index (χ2n) is 9.11. The van der Waals surface area contributed by atoms with Crippen molar-refractivity contribution in [3.8, 4) is 11.5 Å². The molecule has 8 nitrogen and oxygen atoms in total. The normalized spacial score (nSPS) is 20.8. The van der Waals surface area contributed by atoms with Crippen molar-refractivity contribution in [2.45, 2.75) is 18.8 Å². The number of rotatable bonds is 5. The van der Waals surface area contributed by atoms with Gasteiger partial charge in [0.2, 0.25) is 5.96 Å². The quantitative estimate of drug-likeness (QED) is 0.456. The third-order valence-electron chi connectivity index (χ3n) is 6.83. The molecule has 3 aromatic carbocycles. The van der Waals surface area contributed by atoms with E-state index in [1.54, 1.807) is 25.2 Å². The standard InChI is InChI=1S/C27H23Cl2N5O3/c1-31-24-23(25(35)34(27(31)36)16-17-7-12-21(28)22(29)15-17)33-14-13-32(26(33)30-24)18-8-10-20(11-9-18)37-19-5-3-2-4-6-19/h2-12,15,23-24H,13-14,16H2,1H3. The number of fused-ring (bicyclic) bond motifs is 3. The van der Waals surface area contributed by atoms with Gasteiger partial charge in [-0.2, -0.15) is 0 Å². The molecule has 6 rings (SSSR count). The number of likely N-dealkylation sites (N-methyl/N-ethyl adjacent to an activating group) is 1. The highest BCUT2D eigenvalue weighted by atomic mass is 35.5.